The highest BCUT2D eigenvalue weighted by atomic mass is 16.5. The number of piperidine rings is 1. The van der Waals surface area contributed by atoms with Gasteiger partial charge in [0.2, 0.25) is 0 Å². The summed E-state index contributed by atoms with van der Waals surface area (Å²) in [5.74, 6) is 5.71. The summed E-state index contributed by atoms with van der Waals surface area (Å²) >= 11 is 0. The fourth-order valence-electron chi connectivity index (χ4n) is 11.9. The quantitative estimate of drug-likeness (QED) is 0.425. The van der Waals surface area contributed by atoms with Gasteiger partial charge < -0.3 is 15.8 Å². The normalized spacial score (nSPS) is 50.6. The molecule has 4 aliphatic carbocycles. The molecule has 0 aromatic carbocycles. The van der Waals surface area contributed by atoms with Gasteiger partial charge in [0.15, 0.2) is 0 Å². The Labute approximate surface area is 243 Å². The maximum Gasteiger partial charge on any atom is 0.122 e. The van der Waals surface area contributed by atoms with E-state index in [0.717, 1.165) is 55.0 Å². The Bertz CT molecular complexity index is 1040. The highest BCUT2D eigenvalue weighted by molar-refractivity contribution is 5.16. The molecule has 7 rings (SSSR count). The van der Waals surface area contributed by atoms with E-state index in [1.54, 1.807) is 0 Å². The number of hydrogen-bond donors (Lipinski definition) is 3. The lowest BCUT2D eigenvalue weighted by Crippen LogP contribution is -2.58. The van der Waals surface area contributed by atoms with Crippen LogP contribution < -0.4 is 16.4 Å². The fraction of sp³-hybridized carbons (Fsp3) is 0.857. The van der Waals surface area contributed by atoms with E-state index < -0.39 is 0 Å². The Morgan fingerprint density at radius 2 is 1.80 bits per heavy atom. The summed E-state index contributed by atoms with van der Waals surface area (Å²) in [4.78, 5) is 4.14. The summed E-state index contributed by atoms with van der Waals surface area (Å²) in [6, 6.07) is 4.99. The van der Waals surface area contributed by atoms with Crippen LogP contribution in [0.4, 0.5) is 0 Å². The molecular formula is C35H56N4O. The predicted octanol–water partition coefficient (Wildman–Crippen LogP) is 5.93. The molecule has 0 amide bonds. The molecule has 40 heavy (non-hydrogen) atoms. The van der Waals surface area contributed by atoms with Crippen LogP contribution in [0.15, 0.2) is 24.5 Å². The third-order valence-corrected chi connectivity index (χ3v) is 14.1. The molecule has 1 aromatic rings. The van der Waals surface area contributed by atoms with Crippen molar-refractivity contribution in [2.45, 2.75) is 122 Å². The highest BCUT2D eigenvalue weighted by Crippen LogP contribution is 2.71. The summed E-state index contributed by atoms with van der Waals surface area (Å²) in [5.41, 5.74) is 8.77. The zero-order valence-corrected chi connectivity index (χ0v) is 25.7. The molecule has 1 aromatic heterocycles. The lowest BCUT2D eigenvalue weighted by atomic mass is 9.44. The van der Waals surface area contributed by atoms with Gasteiger partial charge in [-0.15, -0.1) is 0 Å². The number of nitrogens with one attached hydrogen (secondary N) is 2. The van der Waals surface area contributed by atoms with E-state index in [9.17, 15) is 0 Å². The summed E-state index contributed by atoms with van der Waals surface area (Å²) in [5, 5.41) is 7.84. The topological polar surface area (TPSA) is 72.2 Å². The van der Waals surface area contributed by atoms with Crippen molar-refractivity contribution in [3.8, 4) is 0 Å². The van der Waals surface area contributed by atoms with Gasteiger partial charge in [-0.1, -0.05) is 27.7 Å². The fourth-order valence-corrected chi connectivity index (χ4v) is 11.9. The van der Waals surface area contributed by atoms with Gasteiger partial charge >= 0.3 is 0 Å². The third-order valence-electron chi connectivity index (χ3n) is 14.1. The first-order chi connectivity index (χ1) is 19.2. The Kier molecular flexibility index (Phi) is 7.17. The molecule has 6 aliphatic rings. The highest BCUT2D eigenvalue weighted by Gasteiger charge is 2.68. The molecule has 1 spiro atoms. The summed E-state index contributed by atoms with van der Waals surface area (Å²) < 4.78 is 7.11. The molecule has 4 N–H and O–H groups in total. The van der Waals surface area contributed by atoms with Crippen molar-refractivity contribution in [1.82, 2.24) is 15.6 Å². The molecule has 0 radical (unpaired) electrons. The molecule has 4 saturated carbocycles. The van der Waals surface area contributed by atoms with Crippen LogP contribution in [-0.4, -0.2) is 42.0 Å². The van der Waals surface area contributed by atoms with Gasteiger partial charge in [0.1, 0.15) is 5.72 Å². The van der Waals surface area contributed by atoms with Crippen LogP contribution in [0.1, 0.15) is 97.5 Å². The largest absolute Gasteiger partial charge is 0.357 e. The second kappa shape index (κ2) is 10.3. The van der Waals surface area contributed by atoms with Gasteiger partial charge in [0, 0.05) is 43.5 Å². The summed E-state index contributed by atoms with van der Waals surface area (Å²) in [6.45, 7) is 12.4. The van der Waals surface area contributed by atoms with E-state index in [0.29, 0.717) is 28.9 Å². The van der Waals surface area contributed by atoms with E-state index in [2.05, 4.69) is 55.4 Å². The van der Waals surface area contributed by atoms with E-state index >= 15 is 0 Å². The second-order valence-corrected chi connectivity index (χ2v) is 16.0. The van der Waals surface area contributed by atoms with Crippen molar-refractivity contribution < 1.29 is 4.74 Å². The number of pyridine rings is 1. The molecule has 0 bridgehead atoms. The number of aromatic nitrogens is 1. The molecule has 6 fully saturated rings. The van der Waals surface area contributed by atoms with E-state index in [1.165, 1.54) is 69.8 Å². The molecule has 2 aliphatic heterocycles. The molecule has 5 nitrogen and oxygen atoms in total. The number of fused-ring (bicyclic) bond motifs is 7. The van der Waals surface area contributed by atoms with Gasteiger partial charge in [0.25, 0.3) is 0 Å². The van der Waals surface area contributed by atoms with Gasteiger partial charge in [-0.05, 0) is 135 Å². The van der Waals surface area contributed by atoms with Crippen LogP contribution in [0.25, 0.3) is 0 Å². The standard InChI is InChI=1S/C35H56N4O/c1-22-7-14-35(39-20-22)23(2)32-31(40-35)19-30-28-6-5-25-18-27(38-21-26(36)17-24-10-15-37-16-11-24)8-12-33(25,3)29(28)9-13-34(30,32)4/h10-11,15-16,22-23,25-32,38-39H,5-9,12-14,17-21,36H2,1-4H3/t22-,23-,25-,26-,27?,28+,29-,30-,31-,32-,33-,34-,35-/m0/s1. The van der Waals surface area contributed by atoms with E-state index in [-0.39, 0.29) is 11.8 Å². The molecule has 1 unspecified atom stereocenters. The maximum atomic E-state index is 7.11. The van der Waals surface area contributed by atoms with E-state index in [1.807, 2.05) is 12.4 Å². The van der Waals surface area contributed by atoms with Gasteiger partial charge in [-0.25, -0.2) is 0 Å². The van der Waals surface area contributed by atoms with Gasteiger partial charge in [-0.2, -0.15) is 0 Å². The molecular weight excluding hydrogens is 492 g/mol. The maximum absolute atomic E-state index is 7.11. The lowest BCUT2D eigenvalue weighted by Gasteiger charge is -2.61. The minimum absolute atomic E-state index is 0.0392. The van der Waals surface area contributed by atoms with Crippen LogP contribution in [-0.2, 0) is 11.2 Å². The minimum Gasteiger partial charge on any atom is -0.357 e. The Hall–Kier alpha value is -1.01. The number of hydrogen-bond acceptors (Lipinski definition) is 5. The molecule has 3 heterocycles. The van der Waals surface area contributed by atoms with Crippen LogP contribution >= 0.6 is 0 Å². The first-order valence-corrected chi connectivity index (χ1v) is 17.0. The zero-order valence-electron chi connectivity index (χ0n) is 25.7. The average molecular weight is 549 g/mol. The third kappa shape index (κ3) is 4.43. The van der Waals surface area contributed by atoms with Crippen molar-refractivity contribution in [3.63, 3.8) is 0 Å². The Balaban J connectivity index is 0.987. The van der Waals surface area contributed by atoms with Crippen molar-refractivity contribution in [1.29, 1.82) is 0 Å². The number of nitrogens with two attached hydrogens (primary N) is 1. The number of nitrogens with zero attached hydrogens (tertiary/aromatic N) is 1. The van der Waals surface area contributed by atoms with Crippen molar-refractivity contribution in [2.75, 3.05) is 13.1 Å². The molecule has 13 atom stereocenters. The minimum atomic E-state index is -0.0392. The van der Waals surface area contributed by atoms with E-state index in [4.69, 9.17) is 10.5 Å². The molecule has 2 saturated heterocycles. The summed E-state index contributed by atoms with van der Waals surface area (Å²) in [7, 11) is 0. The van der Waals surface area contributed by atoms with Crippen LogP contribution in [0.3, 0.4) is 0 Å². The van der Waals surface area contributed by atoms with Crippen LogP contribution in [0.2, 0.25) is 0 Å². The number of rotatable bonds is 5. The summed E-state index contributed by atoms with van der Waals surface area (Å²) in [6.07, 6.45) is 18.8. The van der Waals surface area contributed by atoms with Crippen molar-refractivity contribution in [2.24, 2.45) is 58.0 Å². The first-order valence-electron chi connectivity index (χ1n) is 17.0. The molecule has 5 heteroatoms. The Morgan fingerprint density at radius 1 is 1.00 bits per heavy atom. The average Bonchev–Trinajstić information content (AvgIpc) is 3.39. The molecule has 222 valence electrons. The smallest absolute Gasteiger partial charge is 0.122 e. The Morgan fingerprint density at radius 3 is 2.58 bits per heavy atom. The van der Waals surface area contributed by atoms with Crippen molar-refractivity contribution in [3.05, 3.63) is 30.1 Å². The predicted molar refractivity (Wildman–Crippen MR) is 161 cm³/mol. The SMILES string of the molecule is C[C@H]1CC[C@]2(NC1)O[C@H]1C[C@H]3[C@@H]4CC[C@H]5CC(NC[C@@H](N)Cc6ccncc6)CC[C@]5(C)[C@H]4CC[C@]3(C)[C@H]1[C@@H]2C. The van der Waals surface area contributed by atoms with Gasteiger partial charge in [0.05, 0.1) is 6.10 Å². The monoisotopic (exact) mass is 548 g/mol. The van der Waals surface area contributed by atoms with Gasteiger partial charge in [-0.3, -0.25) is 10.3 Å². The zero-order chi connectivity index (χ0) is 27.7. The second-order valence-electron chi connectivity index (χ2n) is 16.0. The number of ether oxygens (including phenoxy) is 1. The lowest BCUT2D eigenvalue weighted by molar-refractivity contribution is -0.134. The van der Waals surface area contributed by atoms with Crippen LogP contribution in [0, 0.1) is 52.3 Å². The van der Waals surface area contributed by atoms with Crippen molar-refractivity contribution >= 4 is 0 Å². The first kappa shape index (κ1) is 27.8. The van der Waals surface area contributed by atoms with Crippen LogP contribution in [0.5, 0.6) is 0 Å².